The van der Waals surface area contributed by atoms with Crippen molar-refractivity contribution in [2.75, 3.05) is 7.05 Å². The smallest absolute Gasteiger partial charge is 0.0595 e. The molecule has 0 saturated heterocycles. The number of hydrogen-bond donors (Lipinski definition) is 1. The predicted molar refractivity (Wildman–Crippen MR) is 79.1 cm³/mol. The largest absolute Gasteiger partial charge is 0.309 e. The summed E-state index contributed by atoms with van der Waals surface area (Å²) in [5, 5.41) is 5.56. The molecule has 0 aliphatic heterocycles. The molecule has 16 heavy (non-hydrogen) atoms. The molecule has 0 aliphatic rings. The maximum Gasteiger partial charge on any atom is 0.0595 e. The van der Waals surface area contributed by atoms with Gasteiger partial charge in [-0.15, -0.1) is 11.3 Å². The molecule has 0 amide bonds. The molecular formula is C13H14INS. The highest BCUT2D eigenvalue weighted by Gasteiger charge is 2.16. The summed E-state index contributed by atoms with van der Waals surface area (Å²) in [6, 6.07) is 11.0. The van der Waals surface area contributed by atoms with E-state index in [4.69, 9.17) is 0 Å². The quantitative estimate of drug-likeness (QED) is 0.832. The van der Waals surface area contributed by atoms with Crippen LogP contribution >= 0.6 is 33.9 Å². The fourth-order valence-corrected chi connectivity index (χ4v) is 3.32. The average molecular weight is 343 g/mol. The molecule has 0 saturated carbocycles. The number of aryl methyl sites for hydroxylation is 1. The Morgan fingerprint density at radius 2 is 1.94 bits per heavy atom. The van der Waals surface area contributed by atoms with E-state index in [-0.39, 0.29) is 0 Å². The second kappa shape index (κ2) is 5.29. The Labute approximate surface area is 114 Å². The number of hydrogen-bond acceptors (Lipinski definition) is 2. The van der Waals surface area contributed by atoms with Gasteiger partial charge in [-0.05, 0) is 65.2 Å². The molecule has 1 unspecified atom stereocenters. The first-order valence-electron chi connectivity index (χ1n) is 5.19. The van der Waals surface area contributed by atoms with Gasteiger partial charge < -0.3 is 5.32 Å². The number of thiophene rings is 1. The van der Waals surface area contributed by atoms with Crippen molar-refractivity contribution in [2.24, 2.45) is 0 Å². The van der Waals surface area contributed by atoms with Crippen LogP contribution in [0.2, 0.25) is 0 Å². The summed E-state index contributed by atoms with van der Waals surface area (Å²) in [5.74, 6) is 0. The van der Waals surface area contributed by atoms with Gasteiger partial charge in [0.05, 0.1) is 6.04 Å². The van der Waals surface area contributed by atoms with E-state index in [9.17, 15) is 0 Å². The Balaban J connectivity index is 2.45. The molecule has 2 aromatic rings. The maximum atomic E-state index is 3.40. The van der Waals surface area contributed by atoms with Crippen molar-refractivity contribution in [3.05, 3.63) is 55.3 Å². The van der Waals surface area contributed by atoms with E-state index in [2.05, 4.69) is 70.5 Å². The van der Waals surface area contributed by atoms with Crippen LogP contribution in [0.3, 0.4) is 0 Å². The highest BCUT2D eigenvalue weighted by molar-refractivity contribution is 14.1. The second-order valence-electron chi connectivity index (χ2n) is 3.68. The van der Waals surface area contributed by atoms with Crippen LogP contribution in [0.1, 0.15) is 22.0 Å². The lowest BCUT2D eigenvalue weighted by molar-refractivity contribution is 0.688. The third-order valence-corrected chi connectivity index (χ3v) is 4.56. The minimum absolute atomic E-state index is 0.305. The van der Waals surface area contributed by atoms with Gasteiger partial charge in [-0.1, -0.05) is 18.2 Å². The van der Waals surface area contributed by atoms with Gasteiger partial charge >= 0.3 is 0 Å². The number of halogens is 1. The molecule has 1 heterocycles. The van der Waals surface area contributed by atoms with Gasteiger partial charge in [0, 0.05) is 8.45 Å². The van der Waals surface area contributed by atoms with Gasteiger partial charge in [0.1, 0.15) is 0 Å². The molecule has 0 fully saturated rings. The van der Waals surface area contributed by atoms with Crippen LogP contribution in [-0.2, 0) is 0 Å². The van der Waals surface area contributed by atoms with Crippen molar-refractivity contribution in [3.8, 4) is 0 Å². The summed E-state index contributed by atoms with van der Waals surface area (Å²) in [6.45, 7) is 2.18. The minimum atomic E-state index is 0.305. The van der Waals surface area contributed by atoms with Gasteiger partial charge in [0.15, 0.2) is 0 Å². The first kappa shape index (κ1) is 12.1. The van der Waals surface area contributed by atoms with Crippen molar-refractivity contribution >= 4 is 33.9 Å². The zero-order chi connectivity index (χ0) is 11.5. The van der Waals surface area contributed by atoms with Crippen LogP contribution in [0.4, 0.5) is 0 Å². The van der Waals surface area contributed by atoms with Crippen LogP contribution in [-0.4, -0.2) is 7.05 Å². The van der Waals surface area contributed by atoms with Gasteiger partial charge in [-0.2, -0.15) is 0 Å². The molecular weight excluding hydrogens is 329 g/mol. The summed E-state index contributed by atoms with van der Waals surface area (Å²) in [4.78, 5) is 1.39. The van der Waals surface area contributed by atoms with Gasteiger partial charge in [-0.25, -0.2) is 0 Å². The van der Waals surface area contributed by atoms with Crippen molar-refractivity contribution < 1.29 is 0 Å². The lowest BCUT2D eigenvalue weighted by Gasteiger charge is -2.18. The van der Waals surface area contributed by atoms with E-state index < -0.39 is 0 Å². The number of nitrogens with one attached hydrogen (secondary N) is 1. The highest BCUT2D eigenvalue weighted by atomic mass is 127. The highest BCUT2D eigenvalue weighted by Crippen LogP contribution is 2.30. The third-order valence-electron chi connectivity index (χ3n) is 2.71. The first-order chi connectivity index (χ1) is 7.74. The normalized spacial score (nSPS) is 12.7. The predicted octanol–water partition coefficient (Wildman–Crippen LogP) is 3.97. The van der Waals surface area contributed by atoms with E-state index in [1.54, 1.807) is 11.3 Å². The van der Waals surface area contributed by atoms with E-state index in [0.717, 1.165) is 0 Å². The first-order valence-corrected chi connectivity index (χ1v) is 7.15. The monoisotopic (exact) mass is 343 g/mol. The Morgan fingerprint density at radius 3 is 2.50 bits per heavy atom. The summed E-state index contributed by atoms with van der Waals surface area (Å²) < 4.78 is 1.31. The summed E-state index contributed by atoms with van der Waals surface area (Å²) in [5.41, 5.74) is 2.74. The third kappa shape index (κ3) is 2.31. The average Bonchev–Trinajstić information content (AvgIpc) is 2.69. The number of rotatable bonds is 3. The molecule has 3 heteroatoms. The molecule has 0 radical (unpaired) electrons. The second-order valence-corrected chi connectivity index (χ2v) is 5.96. The van der Waals surface area contributed by atoms with Crippen LogP contribution in [0.25, 0.3) is 0 Å². The fourth-order valence-electron chi connectivity index (χ4n) is 1.88. The van der Waals surface area contributed by atoms with Crippen molar-refractivity contribution in [2.45, 2.75) is 13.0 Å². The Kier molecular flexibility index (Phi) is 4.00. The molecule has 1 aromatic heterocycles. The lowest BCUT2D eigenvalue weighted by atomic mass is 10.00. The van der Waals surface area contributed by atoms with Crippen molar-refractivity contribution in [1.82, 2.24) is 5.32 Å². The molecule has 1 nitrogen and oxygen atoms in total. The molecule has 1 N–H and O–H groups in total. The molecule has 1 aromatic carbocycles. The topological polar surface area (TPSA) is 12.0 Å². The van der Waals surface area contributed by atoms with Gasteiger partial charge in [0.25, 0.3) is 0 Å². The number of benzene rings is 1. The van der Waals surface area contributed by atoms with Crippen LogP contribution in [0.15, 0.2) is 35.7 Å². The van der Waals surface area contributed by atoms with E-state index in [0.29, 0.717) is 6.04 Å². The van der Waals surface area contributed by atoms with Crippen molar-refractivity contribution in [1.29, 1.82) is 0 Å². The lowest BCUT2D eigenvalue weighted by Crippen LogP contribution is -2.18. The molecule has 1 atom stereocenters. The molecule has 0 aliphatic carbocycles. The Hall–Kier alpha value is -0.390. The summed E-state index contributed by atoms with van der Waals surface area (Å²) in [6.07, 6.45) is 0. The maximum absolute atomic E-state index is 3.40. The Morgan fingerprint density at radius 1 is 1.19 bits per heavy atom. The van der Waals surface area contributed by atoms with Crippen LogP contribution in [0, 0.1) is 10.5 Å². The van der Waals surface area contributed by atoms with Crippen molar-refractivity contribution in [3.63, 3.8) is 0 Å². The van der Waals surface area contributed by atoms with Gasteiger partial charge in [-0.3, -0.25) is 0 Å². The van der Waals surface area contributed by atoms with Crippen LogP contribution < -0.4 is 5.32 Å². The van der Waals surface area contributed by atoms with E-state index >= 15 is 0 Å². The summed E-state index contributed by atoms with van der Waals surface area (Å²) >= 11 is 4.21. The zero-order valence-electron chi connectivity index (χ0n) is 9.33. The fraction of sp³-hybridized carbons (Fsp3) is 0.231. The summed E-state index contributed by atoms with van der Waals surface area (Å²) in [7, 11) is 2.02. The van der Waals surface area contributed by atoms with Crippen LogP contribution in [0.5, 0.6) is 0 Å². The molecule has 0 spiro atoms. The van der Waals surface area contributed by atoms with E-state index in [1.165, 1.54) is 19.6 Å². The Bertz CT molecular complexity index is 478. The molecule has 2 rings (SSSR count). The van der Waals surface area contributed by atoms with Gasteiger partial charge in [0.2, 0.25) is 0 Å². The standard InChI is InChI=1S/C13H14INS/c1-9-10(7-8-16-9)13(15-2)11-5-3-4-6-12(11)14/h3-8,13,15H,1-2H3. The molecule has 84 valence electrons. The minimum Gasteiger partial charge on any atom is -0.309 e. The zero-order valence-corrected chi connectivity index (χ0v) is 12.3. The molecule has 0 bridgehead atoms. The van der Waals surface area contributed by atoms with E-state index in [1.807, 2.05) is 7.05 Å². The SMILES string of the molecule is CNC(c1ccccc1I)c1ccsc1C.